The van der Waals surface area contributed by atoms with Crippen molar-refractivity contribution in [1.82, 2.24) is 9.55 Å². The normalized spacial score (nSPS) is 15.8. The zero-order valence-electron chi connectivity index (χ0n) is 15.6. The zero-order valence-corrected chi connectivity index (χ0v) is 15.6. The number of nitrogens with zero attached hydrogens (tertiary/aromatic N) is 3. The lowest BCUT2D eigenvalue weighted by atomic mass is 9.82. The highest BCUT2D eigenvalue weighted by molar-refractivity contribution is 5.90. The highest BCUT2D eigenvalue weighted by Gasteiger charge is 2.36. The minimum atomic E-state index is -0.639. The number of benzene rings is 2. The topological polar surface area (TPSA) is 93.9 Å². The Labute approximate surface area is 166 Å². The van der Waals surface area contributed by atoms with Gasteiger partial charge in [-0.3, -0.25) is 9.78 Å². The number of para-hydroxylation sites is 2. The fraction of sp³-hybridized carbons (Fsp3) is 0.0870. The number of fused-ring (bicyclic) bond motifs is 4. The molecule has 3 heterocycles. The number of ether oxygens (including phenoxy) is 1. The Bertz CT molecular complexity index is 1440. The number of pyridine rings is 2. The molecule has 6 heteroatoms. The smallest absolute Gasteiger partial charge is 0.258 e. The number of allylic oxidation sites excluding steroid dienone is 1. The second-order valence-corrected chi connectivity index (χ2v) is 6.97. The van der Waals surface area contributed by atoms with Gasteiger partial charge >= 0.3 is 0 Å². The summed E-state index contributed by atoms with van der Waals surface area (Å²) in [5, 5.41) is 11.5. The van der Waals surface area contributed by atoms with Crippen molar-refractivity contribution < 1.29 is 4.74 Å². The summed E-state index contributed by atoms with van der Waals surface area (Å²) >= 11 is 0. The van der Waals surface area contributed by atoms with Gasteiger partial charge in [0.05, 0.1) is 22.5 Å². The first-order valence-electron chi connectivity index (χ1n) is 9.14. The van der Waals surface area contributed by atoms with Crippen LogP contribution in [-0.2, 0) is 7.05 Å². The predicted molar refractivity (Wildman–Crippen MR) is 110 cm³/mol. The Kier molecular flexibility index (Phi) is 3.65. The third-order valence-corrected chi connectivity index (χ3v) is 5.46. The first-order valence-corrected chi connectivity index (χ1v) is 9.14. The van der Waals surface area contributed by atoms with Crippen molar-refractivity contribution in [3.8, 4) is 11.8 Å². The molecule has 0 amide bonds. The van der Waals surface area contributed by atoms with Gasteiger partial charge in [-0.1, -0.05) is 30.3 Å². The number of hydrogen-bond donors (Lipinski definition) is 1. The molecule has 5 rings (SSSR count). The van der Waals surface area contributed by atoms with Gasteiger partial charge in [0, 0.05) is 24.0 Å². The average Bonchev–Trinajstić information content (AvgIpc) is 2.76. The summed E-state index contributed by atoms with van der Waals surface area (Å²) in [7, 11) is 1.72. The molecule has 6 nitrogen and oxygen atoms in total. The van der Waals surface area contributed by atoms with E-state index in [1.54, 1.807) is 17.8 Å². The van der Waals surface area contributed by atoms with Crippen LogP contribution in [0.2, 0.25) is 0 Å². The van der Waals surface area contributed by atoms with Gasteiger partial charge in [0.1, 0.15) is 17.4 Å². The molecule has 2 aromatic carbocycles. The third kappa shape index (κ3) is 2.34. The van der Waals surface area contributed by atoms with Crippen molar-refractivity contribution in [2.24, 2.45) is 12.8 Å². The Morgan fingerprint density at radius 1 is 1.10 bits per heavy atom. The molecular formula is C23H16N4O2. The Hall–Kier alpha value is -4.11. The Morgan fingerprint density at radius 3 is 2.62 bits per heavy atom. The van der Waals surface area contributed by atoms with Crippen LogP contribution < -0.4 is 16.0 Å². The van der Waals surface area contributed by atoms with Gasteiger partial charge in [-0.2, -0.15) is 5.26 Å². The van der Waals surface area contributed by atoms with Gasteiger partial charge in [0.15, 0.2) is 0 Å². The van der Waals surface area contributed by atoms with Gasteiger partial charge in [0.25, 0.3) is 5.56 Å². The van der Waals surface area contributed by atoms with E-state index in [0.29, 0.717) is 11.3 Å². The molecule has 0 saturated heterocycles. The van der Waals surface area contributed by atoms with Crippen molar-refractivity contribution in [3.05, 3.63) is 93.7 Å². The summed E-state index contributed by atoms with van der Waals surface area (Å²) < 4.78 is 7.44. The van der Waals surface area contributed by atoms with E-state index in [1.807, 2.05) is 54.6 Å². The molecule has 1 unspecified atom stereocenters. The Balaban J connectivity index is 1.95. The molecule has 0 bridgehead atoms. The fourth-order valence-corrected chi connectivity index (χ4v) is 4.11. The molecule has 1 atom stereocenters. The van der Waals surface area contributed by atoms with Crippen LogP contribution >= 0.6 is 0 Å². The molecule has 29 heavy (non-hydrogen) atoms. The van der Waals surface area contributed by atoms with E-state index in [-0.39, 0.29) is 17.0 Å². The maximum absolute atomic E-state index is 13.4. The maximum Gasteiger partial charge on any atom is 0.258 e. The van der Waals surface area contributed by atoms with Gasteiger partial charge < -0.3 is 15.0 Å². The molecule has 0 spiro atoms. The molecule has 1 aliphatic heterocycles. The molecule has 4 aromatic rings. The van der Waals surface area contributed by atoms with Crippen LogP contribution in [0.1, 0.15) is 17.0 Å². The van der Waals surface area contributed by atoms with Crippen molar-refractivity contribution in [1.29, 1.82) is 5.26 Å². The lowest BCUT2D eigenvalue weighted by molar-refractivity contribution is 0.396. The van der Waals surface area contributed by atoms with E-state index in [1.165, 1.54) is 0 Å². The average molecular weight is 380 g/mol. The van der Waals surface area contributed by atoms with E-state index in [9.17, 15) is 10.1 Å². The first kappa shape index (κ1) is 17.0. The van der Waals surface area contributed by atoms with Gasteiger partial charge in [-0.05, 0) is 29.8 Å². The van der Waals surface area contributed by atoms with Gasteiger partial charge in [-0.25, -0.2) is 0 Å². The van der Waals surface area contributed by atoms with Crippen molar-refractivity contribution in [2.75, 3.05) is 0 Å². The molecule has 2 aromatic heterocycles. The number of aryl methyl sites for hydroxylation is 1. The van der Waals surface area contributed by atoms with E-state index in [2.05, 4.69) is 11.1 Å². The maximum atomic E-state index is 13.4. The summed E-state index contributed by atoms with van der Waals surface area (Å²) in [6.07, 6.45) is 1.68. The SMILES string of the molecule is Cn1c(=O)c2c(c3ccccc31)OC(N)=C(C#N)C2c1ccnc2ccccc12. The van der Waals surface area contributed by atoms with Crippen molar-refractivity contribution in [3.63, 3.8) is 0 Å². The monoisotopic (exact) mass is 380 g/mol. The van der Waals surface area contributed by atoms with Crippen LogP contribution in [0.25, 0.3) is 21.8 Å². The lowest BCUT2D eigenvalue weighted by Crippen LogP contribution is -2.31. The van der Waals surface area contributed by atoms with E-state index in [4.69, 9.17) is 10.5 Å². The number of rotatable bonds is 1. The standard InChI is InChI=1S/C23H16N4O2/c1-27-18-9-5-3-7-15(18)21-20(23(27)28)19(16(12-24)22(25)29-21)14-10-11-26-17-8-4-2-6-13(14)17/h2-11,19H,25H2,1H3. The van der Waals surface area contributed by atoms with Crippen LogP contribution in [0.15, 0.2) is 77.0 Å². The quantitative estimate of drug-likeness (QED) is 0.547. The van der Waals surface area contributed by atoms with E-state index in [0.717, 1.165) is 27.4 Å². The minimum absolute atomic E-state index is 0.0179. The highest BCUT2D eigenvalue weighted by atomic mass is 16.5. The summed E-state index contributed by atoms with van der Waals surface area (Å²) in [6.45, 7) is 0. The van der Waals surface area contributed by atoms with Gasteiger partial charge in [-0.15, -0.1) is 0 Å². The molecule has 2 N–H and O–H groups in total. The van der Waals surface area contributed by atoms with Crippen LogP contribution in [0.4, 0.5) is 0 Å². The largest absolute Gasteiger partial charge is 0.439 e. The molecule has 0 aliphatic carbocycles. The van der Waals surface area contributed by atoms with Gasteiger partial charge in [0.2, 0.25) is 5.88 Å². The third-order valence-electron chi connectivity index (χ3n) is 5.46. The van der Waals surface area contributed by atoms with Crippen molar-refractivity contribution in [2.45, 2.75) is 5.92 Å². The summed E-state index contributed by atoms with van der Waals surface area (Å²) in [6, 6.07) is 19.1. The first-order chi connectivity index (χ1) is 14.1. The van der Waals surface area contributed by atoms with E-state index >= 15 is 0 Å². The predicted octanol–water partition coefficient (Wildman–Crippen LogP) is 3.30. The molecule has 0 fully saturated rings. The summed E-state index contributed by atoms with van der Waals surface area (Å²) in [4.78, 5) is 17.8. The number of nitriles is 1. The highest BCUT2D eigenvalue weighted by Crippen LogP contribution is 2.44. The van der Waals surface area contributed by atoms with Crippen LogP contribution in [0, 0.1) is 11.3 Å². The minimum Gasteiger partial charge on any atom is -0.439 e. The lowest BCUT2D eigenvalue weighted by Gasteiger charge is -2.28. The number of nitrogens with two attached hydrogens (primary N) is 1. The van der Waals surface area contributed by atoms with Crippen LogP contribution in [0.5, 0.6) is 5.75 Å². The number of hydrogen-bond acceptors (Lipinski definition) is 5. The zero-order chi connectivity index (χ0) is 20.1. The van der Waals surface area contributed by atoms with Crippen molar-refractivity contribution >= 4 is 21.8 Å². The molecule has 0 radical (unpaired) electrons. The second-order valence-electron chi connectivity index (χ2n) is 6.97. The van der Waals surface area contributed by atoms with Crippen LogP contribution in [0.3, 0.4) is 0 Å². The molecule has 140 valence electrons. The van der Waals surface area contributed by atoms with Crippen LogP contribution in [-0.4, -0.2) is 9.55 Å². The molecule has 1 aliphatic rings. The summed E-state index contributed by atoms with van der Waals surface area (Å²) in [5.74, 6) is -0.213. The number of aromatic nitrogens is 2. The molecular weight excluding hydrogens is 364 g/mol. The fourth-order valence-electron chi connectivity index (χ4n) is 4.11. The molecule has 0 saturated carbocycles. The summed E-state index contributed by atoms with van der Waals surface area (Å²) in [5.41, 5.74) is 8.90. The van der Waals surface area contributed by atoms with E-state index < -0.39 is 5.92 Å². The second kappa shape index (κ2) is 6.21. The Morgan fingerprint density at radius 2 is 1.83 bits per heavy atom.